The highest BCUT2D eigenvalue weighted by Gasteiger charge is 2.35. The lowest BCUT2D eigenvalue weighted by Crippen LogP contribution is -2.33. The Bertz CT molecular complexity index is 607. The summed E-state index contributed by atoms with van der Waals surface area (Å²) in [4.78, 5) is 9.98. The van der Waals surface area contributed by atoms with Crippen LogP contribution in [-0.2, 0) is 16.1 Å². The summed E-state index contributed by atoms with van der Waals surface area (Å²) in [6.07, 6.45) is 4.78. The number of aromatic amines is 1. The van der Waals surface area contributed by atoms with E-state index in [1.807, 2.05) is 24.4 Å². The molecule has 3 rings (SSSR count). The number of nitrogens with zero attached hydrogens (tertiary/aromatic N) is 2. The third kappa shape index (κ3) is 4.66. The summed E-state index contributed by atoms with van der Waals surface area (Å²) >= 11 is 0. The summed E-state index contributed by atoms with van der Waals surface area (Å²) < 4.78 is 12.1. The Morgan fingerprint density at radius 1 is 1.25 bits per heavy atom. The monoisotopic (exact) mass is 329 g/mol. The van der Waals surface area contributed by atoms with Crippen molar-refractivity contribution in [3.05, 3.63) is 54.1 Å². The molecule has 130 valence electrons. The van der Waals surface area contributed by atoms with Crippen LogP contribution in [0, 0.1) is 0 Å². The van der Waals surface area contributed by atoms with Crippen LogP contribution >= 0.6 is 0 Å². The molecule has 1 fully saturated rings. The van der Waals surface area contributed by atoms with Gasteiger partial charge >= 0.3 is 0 Å². The van der Waals surface area contributed by atoms with Crippen LogP contribution in [-0.4, -0.2) is 39.8 Å². The van der Waals surface area contributed by atoms with E-state index in [9.17, 15) is 0 Å². The maximum absolute atomic E-state index is 6.14. The van der Waals surface area contributed by atoms with Crippen LogP contribution in [0.3, 0.4) is 0 Å². The van der Waals surface area contributed by atoms with Gasteiger partial charge in [-0.3, -0.25) is 4.90 Å². The van der Waals surface area contributed by atoms with Crippen LogP contribution < -0.4 is 0 Å². The number of likely N-dealkylation sites (tertiary alicyclic amines) is 1. The molecule has 0 unspecified atom stereocenters. The Balaban J connectivity index is 1.61. The largest absolute Gasteiger partial charge is 0.372 e. The van der Waals surface area contributed by atoms with Gasteiger partial charge in [0.2, 0.25) is 0 Å². The first-order valence-corrected chi connectivity index (χ1v) is 8.54. The Labute approximate surface area is 144 Å². The Morgan fingerprint density at radius 2 is 2.04 bits per heavy atom. The standard InChI is InChI=1S/C19H27N3O2/c1-19(2,3)24-14-22-12-16(11-17(22)18-20-9-10-21-18)23-13-15-7-5-4-6-8-15/h4-10,16-17H,11-14H2,1-3H3,(H,20,21)/t16-,17-/m0/s1. The van der Waals surface area contributed by atoms with Gasteiger partial charge in [-0.25, -0.2) is 4.98 Å². The van der Waals surface area contributed by atoms with Gasteiger partial charge in [-0.2, -0.15) is 0 Å². The summed E-state index contributed by atoms with van der Waals surface area (Å²) in [6.45, 7) is 8.32. The molecule has 2 heterocycles. The lowest BCUT2D eigenvalue weighted by Gasteiger charge is -2.27. The summed E-state index contributed by atoms with van der Waals surface area (Å²) in [5, 5.41) is 0. The average Bonchev–Trinajstić information content (AvgIpc) is 3.20. The smallest absolute Gasteiger partial charge is 0.123 e. The maximum Gasteiger partial charge on any atom is 0.123 e. The Hall–Kier alpha value is -1.69. The van der Waals surface area contributed by atoms with Crippen LogP contribution in [0.4, 0.5) is 0 Å². The molecule has 2 atom stereocenters. The predicted octanol–water partition coefficient (Wildman–Crippen LogP) is 3.51. The van der Waals surface area contributed by atoms with Crippen molar-refractivity contribution in [1.29, 1.82) is 0 Å². The number of hydrogen-bond donors (Lipinski definition) is 1. The molecule has 1 N–H and O–H groups in total. The predicted molar refractivity (Wildman–Crippen MR) is 93.4 cm³/mol. The second-order valence-corrected chi connectivity index (χ2v) is 7.30. The number of rotatable bonds is 6. The second-order valence-electron chi connectivity index (χ2n) is 7.30. The maximum atomic E-state index is 6.14. The van der Waals surface area contributed by atoms with Gasteiger partial charge in [0.25, 0.3) is 0 Å². The molecule has 1 saturated heterocycles. The first-order chi connectivity index (χ1) is 11.5. The third-order valence-electron chi connectivity index (χ3n) is 4.19. The molecule has 0 bridgehead atoms. The quantitative estimate of drug-likeness (QED) is 0.881. The molecular formula is C19H27N3O2. The van der Waals surface area contributed by atoms with E-state index in [-0.39, 0.29) is 17.7 Å². The van der Waals surface area contributed by atoms with Crippen LogP contribution in [0.5, 0.6) is 0 Å². The van der Waals surface area contributed by atoms with Crippen molar-refractivity contribution in [2.75, 3.05) is 13.3 Å². The zero-order chi connectivity index (χ0) is 17.0. The van der Waals surface area contributed by atoms with E-state index in [2.05, 4.69) is 47.8 Å². The minimum absolute atomic E-state index is 0.156. The summed E-state index contributed by atoms with van der Waals surface area (Å²) in [5.74, 6) is 0.985. The molecule has 24 heavy (non-hydrogen) atoms. The fourth-order valence-electron chi connectivity index (χ4n) is 2.93. The Morgan fingerprint density at radius 3 is 2.71 bits per heavy atom. The van der Waals surface area contributed by atoms with Crippen molar-refractivity contribution >= 4 is 0 Å². The van der Waals surface area contributed by atoms with E-state index in [0.717, 1.165) is 18.8 Å². The Kier molecular flexibility index (Phi) is 5.33. The van der Waals surface area contributed by atoms with Crippen LogP contribution in [0.1, 0.15) is 44.6 Å². The minimum Gasteiger partial charge on any atom is -0.372 e. The molecule has 1 aliphatic rings. The first-order valence-electron chi connectivity index (χ1n) is 8.54. The number of hydrogen-bond acceptors (Lipinski definition) is 4. The molecule has 5 nitrogen and oxygen atoms in total. The van der Waals surface area contributed by atoms with Gasteiger partial charge in [0.1, 0.15) is 12.6 Å². The fourth-order valence-corrected chi connectivity index (χ4v) is 2.93. The normalized spacial score (nSPS) is 22.1. The average molecular weight is 329 g/mol. The molecule has 0 spiro atoms. The molecule has 1 aliphatic heterocycles. The van der Waals surface area contributed by atoms with Crippen molar-refractivity contribution in [2.24, 2.45) is 0 Å². The molecule has 0 amide bonds. The lowest BCUT2D eigenvalue weighted by atomic mass is 10.2. The summed E-state index contributed by atoms with van der Waals surface area (Å²) in [6, 6.07) is 10.5. The molecule has 5 heteroatoms. The molecule has 0 saturated carbocycles. The molecule has 1 aromatic heterocycles. The van der Waals surface area contributed by atoms with Crippen molar-refractivity contribution in [3.63, 3.8) is 0 Å². The van der Waals surface area contributed by atoms with Gasteiger partial charge in [-0.1, -0.05) is 30.3 Å². The minimum atomic E-state index is -0.156. The SMILES string of the molecule is CC(C)(C)OCN1C[C@@H](OCc2ccccc2)C[C@H]1c1ncc[nH]1. The van der Waals surface area contributed by atoms with E-state index in [4.69, 9.17) is 9.47 Å². The first kappa shape index (κ1) is 17.1. The third-order valence-corrected chi connectivity index (χ3v) is 4.19. The molecular weight excluding hydrogens is 302 g/mol. The molecule has 0 aliphatic carbocycles. The number of imidazole rings is 1. The van der Waals surface area contributed by atoms with Gasteiger partial charge in [0.05, 0.1) is 24.4 Å². The van der Waals surface area contributed by atoms with E-state index >= 15 is 0 Å². The highest BCUT2D eigenvalue weighted by Crippen LogP contribution is 2.32. The van der Waals surface area contributed by atoms with E-state index in [0.29, 0.717) is 13.3 Å². The van der Waals surface area contributed by atoms with Crippen molar-refractivity contribution < 1.29 is 9.47 Å². The lowest BCUT2D eigenvalue weighted by molar-refractivity contribution is -0.0718. The van der Waals surface area contributed by atoms with E-state index in [1.54, 1.807) is 6.20 Å². The zero-order valence-electron chi connectivity index (χ0n) is 14.7. The number of ether oxygens (including phenoxy) is 2. The van der Waals surface area contributed by atoms with Crippen molar-refractivity contribution in [3.8, 4) is 0 Å². The molecule has 2 aromatic rings. The van der Waals surface area contributed by atoms with E-state index in [1.165, 1.54) is 5.56 Å². The van der Waals surface area contributed by atoms with Crippen LogP contribution in [0.15, 0.2) is 42.7 Å². The second kappa shape index (κ2) is 7.47. The van der Waals surface area contributed by atoms with Crippen LogP contribution in [0.25, 0.3) is 0 Å². The fraction of sp³-hybridized carbons (Fsp3) is 0.526. The molecule has 0 radical (unpaired) electrons. The number of benzene rings is 1. The number of aromatic nitrogens is 2. The summed E-state index contributed by atoms with van der Waals surface area (Å²) in [7, 11) is 0. The zero-order valence-corrected chi connectivity index (χ0v) is 14.7. The van der Waals surface area contributed by atoms with Gasteiger partial charge in [-0.15, -0.1) is 0 Å². The van der Waals surface area contributed by atoms with Gasteiger partial charge < -0.3 is 14.5 Å². The van der Waals surface area contributed by atoms with Gasteiger partial charge in [-0.05, 0) is 32.8 Å². The van der Waals surface area contributed by atoms with E-state index < -0.39 is 0 Å². The van der Waals surface area contributed by atoms with Gasteiger partial charge in [0, 0.05) is 18.9 Å². The number of H-pyrrole nitrogens is 1. The van der Waals surface area contributed by atoms with Crippen LogP contribution in [0.2, 0.25) is 0 Å². The van der Waals surface area contributed by atoms with Crippen molar-refractivity contribution in [1.82, 2.24) is 14.9 Å². The topological polar surface area (TPSA) is 50.4 Å². The highest BCUT2D eigenvalue weighted by molar-refractivity contribution is 5.13. The molecule has 1 aromatic carbocycles. The van der Waals surface area contributed by atoms with Crippen molar-refractivity contribution in [2.45, 2.75) is 51.5 Å². The summed E-state index contributed by atoms with van der Waals surface area (Å²) in [5.41, 5.74) is 1.05. The number of nitrogens with one attached hydrogen (secondary N) is 1. The van der Waals surface area contributed by atoms with Gasteiger partial charge in [0.15, 0.2) is 0 Å². The highest BCUT2D eigenvalue weighted by atomic mass is 16.5.